The van der Waals surface area contributed by atoms with Gasteiger partial charge in [-0.25, -0.2) is 0 Å². The average Bonchev–Trinajstić information content (AvgIpc) is 2.57. The maximum atomic E-state index is 11.6. The van der Waals surface area contributed by atoms with Crippen molar-refractivity contribution in [3.8, 4) is 17.2 Å². The van der Waals surface area contributed by atoms with Crippen molar-refractivity contribution in [2.24, 2.45) is 0 Å². The fraction of sp³-hybridized carbons (Fsp3) is 0.316. The van der Waals surface area contributed by atoms with Crippen molar-refractivity contribution in [2.75, 3.05) is 6.61 Å². The van der Waals surface area contributed by atoms with Gasteiger partial charge in [0.15, 0.2) is 17.7 Å². The van der Waals surface area contributed by atoms with Crippen LogP contribution in [0.25, 0.3) is 0 Å². The van der Waals surface area contributed by atoms with E-state index in [0.29, 0.717) is 18.6 Å². The molecule has 4 N–H and O–H groups in total. The first kappa shape index (κ1) is 17.1. The summed E-state index contributed by atoms with van der Waals surface area (Å²) in [6.45, 7) is 1.50. The number of rotatable bonds is 4. The lowest BCUT2D eigenvalue weighted by atomic mass is 9.87. The molecule has 0 fully saturated rings. The summed E-state index contributed by atoms with van der Waals surface area (Å²) in [4.78, 5) is 11.6. The van der Waals surface area contributed by atoms with Crippen LogP contribution in [-0.4, -0.2) is 34.1 Å². The molecule has 6 nitrogen and oxygen atoms in total. The molecular weight excluding hydrogens is 322 g/mol. The minimum Gasteiger partial charge on any atom is -0.504 e. The van der Waals surface area contributed by atoms with Gasteiger partial charge in [0.25, 0.3) is 0 Å². The molecule has 2 atom stereocenters. The number of amides is 1. The van der Waals surface area contributed by atoms with E-state index >= 15 is 0 Å². The fourth-order valence-electron chi connectivity index (χ4n) is 3.15. The zero-order chi connectivity index (χ0) is 18.0. The van der Waals surface area contributed by atoms with E-state index in [1.807, 2.05) is 18.2 Å². The van der Waals surface area contributed by atoms with Crippen LogP contribution in [0.5, 0.6) is 17.2 Å². The first-order chi connectivity index (χ1) is 12.0. The molecule has 3 rings (SSSR count). The highest BCUT2D eigenvalue weighted by Gasteiger charge is 2.32. The zero-order valence-corrected chi connectivity index (χ0v) is 13.9. The standard InChI is InChI=1S/C19H21NO5/c1-11(22)20-19-15(13-3-4-16(23)17(24)10-13)9-14-8-12(6-7-21)2-5-18(14)25-19/h2-5,8,10,15,19,21,23-24H,6-7,9H2,1H3,(H,20,22). The SMILES string of the molecule is CC(=O)NC1Oc2ccc(CCO)cc2CC1c1ccc(O)c(O)c1. The van der Waals surface area contributed by atoms with Crippen LogP contribution in [0.1, 0.15) is 29.5 Å². The summed E-state index contributed by atoms with van der Waals surface area (Å²) in [5.41, 5.74) is 2.74. The Hall–Kier alpha value is -2.73. The molecule has 0 radical (unpaired) electrons. The van der Waals surface area contributed by atoms with Crippen LogP contribution >= 0.6 is 0 Å². The average molecular weight is 343 g/mol. The van der Waals surface area contributed by atoms with E-state index in [1.165, 1.54) is 19.1 Å². The molecule has 2 aromatic rings. The number of aliphatic hydroxyl groups is 1. The summed E-state index contributed by atoms with van der Waals surface area (Å²) in [6.07, 6.45) is 0.592. The number of phenols is 2. The first-order valence-corrected chi connectivity index (χ1v) is 8.16. The predicted molar refractivity (Wildman–Crippen MR) is 91.7 cm³/mol. The van der Waals surface area contributed by atoms with Crippen molar-refractivity contribution in [3.63, 3.8) is 0 Å². The number of nitrogens with one attached hydrogen (secondary N) is 1. The van der Waals surface area contributed by atoms with Crippen molar-refractivity contribution in [3.05, 3.63) is 53.1 Å². The normalized spacial score (nSPS) is 19.0. The molecule has 2 unspecified atom stereocenters. The van der Waals surface area contributed by atoms with E-state index in [1.54, 1.807) is 6.07 Å². The van der Waals surface area contributed by atoms with Crippen LogP contribution in [0.2, 0.25) is 0 Å². The Morgan fingerprint density at radius 3 is 2.68 bits per heavy atom. The van der Waals surface area contributed by atoms with Crippen molar-refractivity contribution in [1.82, 2.24) is 5.32 Å². The smallest absolute Gasteiger partial charge is 0.219 e. The van der Waals surface area contributed by atoms with Crippen LogP contribution in [0.15, 0.2) is 36.4 Å². The molecule has 0 saturated carbocycles. The number of carbonyl (C=O) groups excluding carboxylic acids is 1. The second-order valence-electron chi connectivity index (χ2n) is 6.21. The summed E-state index contributed by atoms with van der Waals surface area (Å²) >= 11 is 0. The lowest BCUT2D eigenvalue weighted by Gasteiger charge is -2.34. The van der Waals surface area contributed by atoms with Gasteiger partial charge >= 0.3 is 0 Å². The monoisotopic (exact) mass is 343 g/mol. The molecule has 1 aliphatic rings. The third-order valence-electron chi connectivity index (χ3n) is 4.36. The molecular formula is C19H21NO5. The van der Waals surface area contributed by atoms with Gasteiger partial charge in [-0.3, -0.25) is 4.79 Å². The Kier molecular flexibility index (Phi) is 4.81. The van der Waals surface area contributed by atoms with Gasteiger partial charge in [-0.15, -0.1) is 0 Å². The Morgan fingerprint density at radius 1 is 1.20 bits per heavy atom. The molecule has 0 spiro atoms. The number of ether oxygens (including phenoxy) is 1. The molecule has 132 valence electrons. The number of hydrogen-bond acceptors (Lipinski definition) is 5. The number of hydrogen-bond donors (Lipinski definition) is 4. The summed E-state index contributed by atoms with van der Waals surface area (Å²) in [7, 11) is 0. The highest BCUT2D eigenvalue weighted by Crippen LogP contribution is 2.38. The van der Waals surface area contributed by atoms with Gasteiger partial charge in [0.05, 0.1) is 0 Å². The lowest BCUT2D eigenvalue weighted by molar-refractivity contribution is -0.122. The number of benzene rings is 2. The quantitative estimate of drug-likeness (QED) is 0.635. The number of carbonyl (C=O) groups is 1. The third kappa shape index (κ3) is 3.69. The van der Waals surface area contributed by atoms with E-state index < -0.39 is 6.23 Å². The Balaban J connectivity index is 1.97. The zero-order valence-electron chi connectivity index (χ0n) is 13.9. The summed E-state index contributed by atoms with van der Waals surface area (Å²) in [6, 6.07) is 10.4. The van der Waals surface area contributed by atoms with Gasteiger partial charge in [-0.05, 0) is 47.7 Å². The maximum Gasteiger partial charge on any atom is 0.219 e. The highest BCUT2D eigenvalue weighted by atomic mass is 16.5. The summed E-state index contributed by atoms with van der Waals surface area (Å²) < 4.78 is 5.97. The number of aromatic hydroxyl groups is 2. The van der Waals surface area contributed by atoms with Gasteiger partial charge in [0, 0.05) is 19.4 Å². The Bertz CT molecular complexity index is 789. The van der Waals surface area contributed by atoms with Crippen LogP contribution in [0.4, 0.5) is 0 Å². The largest absolute Gasteiger partial charge is 0.504 e. The number of fused-ring (bicyclic) bond motifs is 1. The van der Waals surface area contributed by atoms with Crippen LogP contribution in [0.3, 0.4) is 0 Å². The molecule has 6 heteroatoms. The van der Waals surface area contributed by atoms with E-state index in [0.717, 1.165) is 16.7 Å². The van der Waals surface area contributed by atoms with E-state index in [4.69, 9.17) is 9.84 Å². The topological polar surface area (TPSA) is 99.0 Å². The molecule has 2 aromatic carbocycles. The van der Waals surface area contributed by atoms with Crippen molar-refractivity contribution < 1.29 is 24.9 Å². The minimum absolute atomic E-state index is 0.0728. The number of phenolic OH excluding ortho intramolecular Hbond substituents is 2. The first-order valence-electron chi connectivity index (χ1n) is 8.16. The van der Waals surface area contributed by atoms with E-state index in [9.17, 15) is 15.0 Å². The van der Waals surface area contributed by atoms with Crippen molar-refractivity contribution in [2.45, 2.75) is 31.9 Å². The molecule has 0 saturated heterocycles. The lowest BCUT2D eigenvalue weighted by Crippen LogP contribution is -2.45. The second-order valence-corrected chi connectivity index (χ2v) is 6.21. The van der Waals surface area contributed by atoms with E-state index in [-0.39, 0.29) is 29.9 Å². The van der Waals surface area contributed by atoms with Crippen LogP contribution < -0.4 is 10.1 Å². The van der Waals surface area contributed by atoms with Gasteiger partial charge in [-0.2, -0.15) is 0 Å². The van der Waals surface area contributed by atoms with Crippen LogP contribution in [-0.2, 0) is 17.6 Å². The molecule has 1 aliphatic heterocycles. The number of aliphatic hydroxyl groups excluding tert-OH is 1. The Morgan fingerprint density at radius 2 is 2.00 bits per heavy atom. The summed E-state index contributed by atoms with van der Waals surface area (Å²) in [5.74, 6) is -0.133. The van der Waals surface area contributed by atoms with Crippen molar-refractivity contribution in [1.29, 1.82) is 0 Å². The third-order valence-corrected chi connectivity index (χ3v) is 4.36. The van der Waals surface area contributed by atoms with E-state index in [2.05, 4.69) is 5.32 Å². The van der Waals surface area contributed by atoms with Gasteiger partial charge in [-0.1, -0.05) is 18.2 Å². The minimum atomic E-state index is -0.572. The molecule has 0 aromatic heterocycles. The molecule has 25 heavy (non-hydrogen) atoms. The fourth-order valence-corrected chi connectivity index (χ4v) is 3.15. The molecule has 1 heterocycles. The van der Waals surface area contributed by atoms with Gasteiger partial charge < -0.3 is 25.4 Å². The van der Waals surface area contributed by atoms with Crippen LogP contribution in [0, 0.1) is 0 Å². The summed E-state index contributed by atoms with van der Waals surface area (Å²) in [5, 5.41) is 31.3. The molecule has 0 aliphatic carbocycles. The maximum absolute atomic E-state index is 11.6. The molecule has 0 bridgehead atoms. The van der Waals surface area contributed by atoms with Gasteiger partial charge in [0.2, 0.25) is 5.91 Å². The Labute approximate surface area is 145 Å². The molecule has 1 amide bonds. The van der Waals surface area contributed by atoms with Gasteiger partial charge in [0.1, 0.15) is 5.75 Å². The second kappa shape index (κ2) is 7.03. The predicted octanol–water partition coefficient (Wildman–Crippen LogP) is 1.81. The highest BCUT2D eigenvalue weighted by molar-refractivity contribution is 5.73. The van der Waals surface area contributed by atoms with Crippen molar-refractivity contribution >= 4 is 5.91 Å².